The van der Waals surface area contributed by atoms with Crippen molar-refractivity contribution in [1.82, 2.24) is 14.1 Å². The van der Waals surface area contributed by atoms with E-state index in [4.69, 9.17) is 9.47 Å². The van der Waals surface area contributed by atoms with Gasteiger partial charge in [0, 0.05) is 44.8 Å². The maximum absolute atomic E-state index is 13.1. The van der Waals surface area contributed by atoms with Crippen LogP contribution in [0, 0.1) is 5.92 Å². The number of hydrogen-bond donors (Lipinski definition) is 0. The first-order chi connectivity index (χ1) is 15.5. The van der Waals surface area contributed by atoms with E-state index in [9.17, 15) is 13.2 Å². The van der Waals surface area contributed by atoms with Crippen molar-refractivity contribution in [3.05, 3.63) is 18.2 Å². The Labute approximate surface area is 190 Å². The fourth-order valence-electron chi connectivity index (χ4n) is 5.68. The first-order valence-electron chi connectivity index (χ1n) is 11.9. The maximum Gasteiger partial charge on any atom is 0.243 e. The predicted molar refractivity (Wildman–Crippen MR) is 119 cm³/mol. The van der Waals surface area contributed by atoms with Gasteiger partial charge < -0.3 is 14.4 Å². The number of benzene rings is 1. The number of ether oxygens (including phenoxy) is 2. The molecule has 1 saturated carbocycles. The second-order valence-corrected chi connectivity index (χ2v) is 11.3. The molecule has 4 aliphatic rings. The molecule has 2 saturated heterocycles. The van der Waals surface area contributed by atoms with Crippen molar-refractivity contribution in [1.29, 1.82) is 0 Å². The number of hydrogen-bond acceptors (Lipinski definition) is 6. The molecule has 1 aromatic carbocycles. The van der Waals surface area contributed by atoms with E-state index in [1.807, 2.05) is 0 Å². The minimum atomic E-state index is -3.61. The second-order valence-electron chi connectivity index (χ2n) is 9.33. The van der Waals surface area contributed by atoms with Crippen molar-refractivity contribution in [2.45, 2.75) is 49.5 Å². The smallest absolute Gasteiger partial charge is 0.243 e. The zero-order valence-electron chi connectivity index (χ0n) is 18.6. The molecule has 8 nitrogen and oxygen atoms in total. The molecular weight excluding hydrogens is 430 g/mol. The van der Waals surface area contributed by atoms with Gasteiger partial charge in [-0.05, 0) is 43.7 Å². The Balaban J connectivity index is 1.18. The van der Waals surface area contributed by atoms with Crippen LogP contribution in [-0.4, -0.2) is 87.0 Å². The standard InChI is InChI=1S/C23H33N3O5S/c27-23(26-9-3-5-18-4-1-2-6-20(18)26)17-24-10-12-25(13-11-24)32(28,29)19-7-8-21-22(16-19)31-15-14-30-21/h7-8,16,18,20H,1-6,9-15,17H2/t18-,20+/m0/s1. The number of rotatable bonds is 4. The molecule has 0 N–H and O–H groups in total. The van der Waals surface area contributed by atoms with Crippen molar-refractivity contribution in [3.63, 3.8) is 0 Å². The van der Waals surface area contributed by atoms with Gasteiger partial charge in [0.15, 0.2) is 11.5 Å². The van der Waals surface area contributed by atoms with Crippen LogP contribution >= 0.6 is 0 Å². The third-order valence-electron chi connectivity index (χ3n) is 7.41. The second kappa shape index (κ2) is 9.19. The first-order valence-corrected chi connectivity index (χ1v) is 13.4. The lowest BCUT2D eigenvalue weighted by molar-refractivity contribution is -0.139. The van der Waals surface area contributed by atoms with E-state index >= 15 is 0 Å². The summed E-state index contributed by atoms with van der Waals surface area (Å²) in [6.45, 7) is 4.06. The minimum Gasteiger partial charge on any atom is -0.486 e. The van der Waals surface area contributed by atoms with Crippen LogP contribution in [0.1, 0.15) is 38.5 Å². The zero-order chi connectivity index (χ0) is 22.1. The lowest BCUT2D eigenvalue weighted by Gasteiger charge is -2.45. The normalized spacial score (nSPS) is 27.1. The van der Waals surface area contributed by atoms with E-state index in [0.29, 0.717) is 69.4 Å². The molecule has 5 rings (SSSR count). The summed E-state index contributed by atoms with van der Waals surface area (Å²) >= 11 is 0. The van der Waals surface area contributed by atoms with E-state index in [0.717, 1.165) is 19.4 Å². The fourth-order valence-corrected chi connectivity index (χ4v) is 7.12. The minimum absolute atomic E-state index is 0.213. The highest BCUT2D eigenvalue weighted by molar-refractivity contribution is 7.89. The Morgan fingerprint density at radius 3 is 2.44 bits per heavy atom. The average molecular weight is 464 g/mol. The van der Waals surface area contributed by atoms with Gasteiger partial charge in [-0.15, -0.1) is 0 Å². The van der Waals surface area contributed by atoms with Gasteiger partial charge in [0.05, 0.1) is 11.4 Å². The van der Waals surface area contributed by atoms with Crippen LogP contribution in [0.25, 0.3) is 0 Å². The summed E-state index contributed by atoms with van der Waals surface area (Å²) in [6, 6.07) is 5.21. The number of fused-ring (bicyclic) bond motifs is 2. The highest BCUT2D eigenvalue weighted by Crippen LogP contribution is 2.36. The Morgan fingerprint density at radius 1 is 0.906 bits per heavy atom. The Kier molecular flexibility index (Phi) is 6.31. The number of sulfonamides is 1. The van der Waals surface area contributed by atoms with Crippen LogP contribution in [-0.2, 0) is 14.8 Å². The molecule has 0 aromatic heterocycles. The molecule has 32 heavy (non-hydrogen) atoms. The van der Waals surface area contributed by atoms with Crippen LogP contribution in [0.15, 0.2) is 23.1 Å². The van der Waals surface area contributed by atoms with Gasteiger partial charge in [-0.1, -0.05) is 12.8 Å². The van der Waals surface area contributed by atoms with E-state index < -0.39 is 10.0 Å². The van der Waals surface area contributed by atoms with Gasteiger partial charge in [-0.2, -0.15) is 4.31 Å². The number of amides is 1. The largest absolute Gasteiger partial charge is 0.486 e. The van der Waals surface area contributed by atoms with Crippen molar-refractivity contribution in [2.24, 2.45) is 5.92 Å². The number of carbonyl (C=O) groups excluding carboxylic acids is 1. The van der Waals surface area contributed by atoms with Crippen molar-refractivity contribution >= 4 is 15.9 Å². The topological polar surface area (TPSA) is 79.4 Å². The average Bonchev–Trinajstić information content (AvgIpc) is 2.83. The first kappa shape index (κ1) is 22.0. The van der Waals surface area contributed by atoms with Crippen LogP contribution in [0.2, 0.25) is 0 Å². The monoisotopic (exact) mass is 463 g/mol. The van der Waals surface area contributed by atoms with Gasteiger partial charge in [0.2, 0.25) is 15.9 Å². The molecule has 176 valence electrons. The summed E-state index contributed by atoms with van der Waals surface area (Å²) in [6.07, 6.45) is 7.27. The lowest BCUT2D eigenvalue weighted by atomic mass is 9.78. The van der Waals surface area contributed by atoms with E-state index in [1.54, 1.807) is 18.2 Å². The SMILES string of the molecule is O=C(CN1CCN(S(=O)(=O)c2ccc3c(c2)OCCO3)CC1)N1CCC[C@@H]2CCCC[C@H]21. The highest BCUT2D eigenvalue weighted by atomic mass is 32.2. The van der Waals surface area contributed by atoms with Gasteiger partial charge in [-0.3, -0.25) is 9.69 Å². The quantitative estimate of drug-likeness (QED) is 0.679. The molecule has 0 spiro atoms. The van der Waals surface area contributed by atoms with Crippen LogP contribution in [0.4, 0.5) is 0 Å². The number of nitrogens with zero attached hydrogens (tertiary/aromatic N) is 3. The number of carbonyl (C=O) groups is 1. The summed E-state index contributed by atoms with van der Waals surface area (Å²) < 4.78 is 38.8. The molecular formula is C23H33N3O5S. The van der Waals surface area contributed by atoms with E-state index in [2.05, 4.69) is 9.80 Å². The summed E-state index contributed by atoms with van der Waals surface area (Å²) in [5, 5.41) is 0. The van der Waals surface area contributed by atoms with Gasteiger partial charge in [0.25, 0.3) is 0 Å². The summed E-state index contributed by atoms with van der Waals surface area (Å²) in [5.41, 5.74) is 0. The maximum atomic E-state index is 13.1. The molecule has 3 heterocycles. The molecule has 0 bridgehead atoms. The third kappa shape index (κ3) is 4.34. The molecule has 1 amide bonds. The molecule has 9 heteroatoms. The summed E-state index contributed by atoms with van der Waals surface area (Å²) in [4.78, 5) is 17.5. The molecule has 3 aliphatic heterocycles. The molecule has 1 aliphatic carbocycles. The third-order valence-corrected chi connectivity index (χ3v) is 9.30. The molecule has 1 aromatic rings. The van der Waals surface area contributed by atoms with E-state index in [-0.39, 0.29) is 10.8 Å². The van der Waals surface area contributed by atoms with Crippen molar-refractivity contribution in [3.8, 4) is 11.5 Å². The van der Waals surface area contributed by atoms with Gasteiger partial charge >= 0.3 is 0 Å². The molecule has 3 fully saturated rings. The van der Waals surface area contributed by atoms with Crippen LogP contribution in [0.5, 0.6) is 11.5 Å². The van der Waals surface area contributed by atoms with Crippen molar-refractivity contribution < 1.29 is 22.7 Å². The Morgan fingerprint density at radius 2 is 1.62 bits per heavy atom. The lowest BCUT2D eigenvalue weighted by Crippen LogP contribution is -2.55. The fraction of sp³-hybridized carbons (Fsp3) is 0.696. The van der Waals surface area contributed by atoms with E-state index in [1.165, 1.54) is 30.0 Å². The molecule has 0 radical (unpaired) electrons. The number of piperazine rings is 1. The summed E-state index contributed by atoms with van der Waals surface area (Å²) in [7, 11) is -3.61. The number of piperidine rings is 1. The molecule has 0 unspecified atom stereocenters. The van der Waals surface area contributed by atoms with Crippen molar-refractivity contribution in [2.75, 3.05) is 52.5 Å². The van der Waals surface area contributed by atoms with Crippen LogP contribution in [0.3, 0.4) is 0 Å². The van der Waals surface area contributed by atoms with Crippen LogP contribution < -0.4 is 9.47 Å². The highest BCUT2D eigenvalue weighted by Gasteiger charge is 2.37. The number of likely N-dealkylation sites (tertiary alicyclic amines) is 1. The Hall–Kier alpha value is -1.84. The van der Waals surface area contributed by atoms with Gasteiger partial charge in [-0.25, -0.2) is 8.42 Å². The Bertz CT molecular complexity index is 943. The zero-order valence-corrected chi connectivity index (χ0v) is 19.4. The predicted octanol–water partition coefficient (Wildman–Crippen LogP) is 1.95. The molecule has 2 atom stereocenters. The van der Waals surface area contributed by atoms with Gasteiger partial charge in [0.1, 0.15) is 13.2 Å². The summed E-state index contributed by atoms with van der Waals surface area (Å²) in [5.74, 6) is 1.94.